The first-order valence-corrected chi connectivity index (χ1v) is 5.54. The first kappa shape index (κ1) is 11.8. The quantitative estimate of drug-likeness (QED) is 0.754. The van der Waals surface area contributed by atoms with Crippen LogP contribution in [0.25, 0.3) is 0 Å². The van der Waals surface area contributed by atoms with Crippen LogP contribution in [0.4, 0.5) is 4.39 Å². The largest absolute Gasteiger partial charge is 0.298 e. The summed E-state index contributed by atoms with van der Waals surface area (Å²) in [4.78, 5) is 10.7. The van der Waals surface area contributed by atoms with Crippen LogP contribution in [-0.2, 0) is 6.42 Å². The highest BCUT2D eigenvalue weighted by molar-refractivity contribution is 6.30. The number of hydrogen-bond acceptors (Lipinski definition) is 1. The van der Waals surface area contributed by atoms with Crippen LogP contribution in [0.5, 0.6) is 0 Å². The topological polar surface area (TPSA) is 17.1 Å². The van der Waals surface area contributed by atoms with Gasteiger partial charge in [-0.25, -0.2) is 4.39 Å². The van der Waals surface area contributed by atoms with Gasteiger partial charge in [-0.15, -0.1) is 0 Å². The summed E-state index contributed by atoms with van der Waals surface area (Å²) in [5, 5.41) is 0.534. The van der Waals surface area contributed by atoms with Gasteiger partial charge >= 0.3 is 0 Å². The number of hydrogen-bond donors (Lipinski definition) is 0. The fourth-order valence-electron chi connectivity index (χ4n) is 1.68. The SMILES string of the molecule is O=Cc1cc(Cl)cc(Cc2ccc(F)cc2)c1. The molecular formula is C14H10ClFO. The van der Waals surface area contributed by atoms with E-state index >= 15 is 0 Å². The number of carbonyl (C=O) groups excluding carboxylic acids is 1. The van der Waals surface area contributed by atoms with E-state index in [-0.39, 0.29) is 5.82 Å². The van der Waals surface area contributed by atoms with E-state index < -0.39 is 0 Å². The molecule has 2 rings (SSSR count). The monoisotopic (exact) mass is 248 g/mol. The molecule has 3 heteroatoms. The Kier molecular flexibility index (Phi) is 3.55. The first-order chi connectivity index (χ1) is 8.17. The molecule has 0 aliphatic rings. The van der Waals surface area contributed by atoms with E-state index in [9.17, 15) is 9.18 Å². The van der Waals surface area contributed by atoms with E-state index in [4.69, 9.17) is 11.6 Å². The van der Waals surface area contributed by atoms with Gasteiger partial charge < -0.3 is 0 Å². The van der Waals surface area contributed by atoms with Crippen LogP contribution in [0.3, 0.4) is 0 Å². The van der Waals surface area contributed by atoms with Crippen LogP contribution in [0, 0.1) is 5.82 Å². The third-order valence-electron chi connectivity index (χ3n) is 2.44. The molecule has 0 heterocycles. The lowest BCUT2D eigenvalue weighted by Gasteiger charge is -2.04. The van der Waals surface area contributed by atoms with E-state index in [0.29, 0.717) is 17.0 Å². The molecule has 86 valence electrons. The zero-order valence-electron chi connectivity index (χ0n) is 8.99. The molecule has 0 fully saturated rings. The van der Waals surface area contributed by atoms with Gasteiger partial charge in [-0.2, -0.15) is 0 Å². The van der Waals surface area contributed by atoms with Crippen molar-refractivity contribution in [3.63, 3.8) is 0 Å². The number of aldehydes is 1. The summed E-state index contributed by atoms with van der Waals surface area (Å²) in [6, 6.07) is 11.5. The maximum atomic E-state index is 12.7. The van der Waals surface area contributed by atoms with Gasteiger partial charge in [0.25, 0.3) is 0 Å². The fraction of sp³-hybridized carbons (Fsp3) is 0.0714. The van der Waals surface area contributed by atoms with Crippen molar-refractivity contribution in [3.05, 3.63) is 70.0 Å². The average Bonchev–Trinajstić information content (AvgIpc) is 2.31. The second-order valence-electron chi connectivity index (χ2n) is 3.81. The molecule has 0 unspecified atom stereocenters. The Morgan fingerprint density at radius 3 is 2.41 bits per heavy atom. The van der Waals surface area contributed by atoms with Crippen molar-refractivity contribution in [2.24, 2.45) is 0 Å². The second kappa shape index (κ2) is 5.11. The lowest BCUT2D eigenvalue weighted by atomic mass is 10.0. The predicted octanol–water partition coefficient (Wildman–Crippen LogP) is 3.88. The minimum Gasteiger partial charge on any atom is -0.298 e. The highest BCUT2D eigenvalue weighted by Gasteiger charge is 2.01. The van der Waals surface area contributed by atoms with E-state index in [2.05, 4.69) is 0 Å². The molecule has 0 atom stereocenters. The molecule has 0 amide bonds. The number of rotatable bonds is 3. The van der Waals surface area contributed by atoms with Crippen molar-refractivity contribution in [2.45, 2.75) is 6.42 Å². The molecule has 17 heavy (non-hydrogen) atoms. The lowest BCUT2D eigenvalue weighted by Crippen LogP contribution is -1.91. The van der Waals surface area contributed by atoms with E-state index in [1.54, 1.807) is 30.3 Å². The summed E-state index contributed by atoms with van der Waals surface area (Å²) in [5.41, 5.74) is 2.46. The predicted molar refractivity (Wildman–Crippen MR) is 66.0 cm³/mol. The molecule has 2 aromatic rings. The lowest BCUT2D eigenvalue weighted by molar-refractivity contribution is 0.112. The van der Waals surface area contributed by atoms with Crippen molar-refractivity contribution in [1.29, 1.82) is 0 Å². The van der Waals surface area contributed by atoms with Gasteiger partial charge in [0, 0.05) is 10.6 Å². The summed E-state index contributed by atoms with van der Waals surface area (Å²) >= 11 is 5.90. The maximum absolute atomic E-state index is 12.7. The van der Waals surface area contributed by atoms with Gasteiger partial charge in [-0.05, 0) is 47.9 Å². The molecule has 0 saturated carbocycles. The molecule has 0 spiro atoms. The van der Waals surface area contributed by atoms with E-state index in [1.807, 2.05) is 0 Å². The molecule has 0 saturated heterocycles. The van der Waals surface area contributed by atoms with Crippen LogP contribution < -0.4 is 0 Å². The third-order valence-corrected chi connectivity index (χ3v) is 2.66. The zero-order valence-corrected chi connectivity index (χ0v) is 9.75. The third kappa shape index (κ3) is 3.14. The molecule has 1 nitrogen and oxygen atoms in total. The van der Waals surface area contributed by atoms with Gasteiger partial charge in [0.15, 0.2) is 0 Å². The Balaban J connectivity index is 2.26. The minimum atomic E-state index is -0.256. The van der Waals surface area contributed by atoms with Crippen molar-refractivity contribution in [1.82, 2.24) is 0 Å². The Morgan fingerprint density at radius 1 is 1.06 bits per heavy atom. The highest BCUT2D eigenvalue weighted by Crippen LogP contribution is 2.17. The van der Waals surface area contributed by atoms with Crippen LogP contribution in [0.15, 0.2) is 42.5 Å². The Bertz CT molecular complexity index is 534. The zero-order chi connectivity index (χ0) is 12.3. The van der Waals surface area contributed by atoms with Crippen molar-refractivity contribution < 1.29 is 9.18 Å². The number of benzene rings is 2. The van der Waals surface area contributed by atoms with Crippen molar-refractivity contribution in [3.8, 4) is 0 Å². The number of carbonyl (C=O) groups is 1. The van der Waals surface area contributed by atoms with Gasteiger partial charge in [0.05, 0.1) is 0 Å². The van der Waals surface area contributed by atoms with Gasteiger partial charge in [-0.1, -0.05) is 23.7 Å². The van der Waals surface area contributed by atoms with Gasteiger partial charge in [0.1, 0.15) is 12.1 Å². The van der Waals surface area contributed by atoms with Crippen LogP contribution >= 0.6 is 11.6 Å². The van der Waals surface area contributed by atoms with Crippen LogP contribution in [0.1, 0.15) is 21.5 Å². The molecule has 0 aliphatic carbocycles. The van der Waals surface area contributed by atoms with Crippen LogP contribution in [0.2, 0.25) is 5.02 Å². The van der Waals surface area contributed by atoms with Crippen LogP contribution in [-0.4, -0.2) is 6.29 Å². The second-order valence-corrected chi connectivity index (χ2v) is 4.25. The Morgan fingerprint density at radius 2 is 1.76 bits per heavy atom. The Labute approximate surface area is 104 Å². The van der Waals surface area contributed by atoms with E-state index in [0.717, 1.165) is 17.4 Å². The van der Waals surface area contributed by atoms with Crippen molar-refractivity contribution in [2.75, 3.05) is 0 Å². The van der Waals surface area contributed by atoms with Gasteiger partial charge in [0.2, 0.25) is 0 Å². The average molecular weight is 249 g/mol. The summed E-state index contributed by atoms with van der Waals surface area (Å²) in [6.45, 7) is 0. The Hall–Kier alpha value is -1.67. The fourth-order valence-corrected chi connectivity index (χ4v) is 1.95. The minimum absolute atomic E-state index is 0.256. The van der Waals surface area contributed by atoms with Crippen molar-refractivity contribution >= 4 is 17.9 Å². The van der Waals surface area contributed by atoms with E-state index in [1.165, 1.54) is 12.1 Å². The highest BCUT2D eigenvalue weighted by atomic mass is 35.5. The van der Waals surface area contributed by atoms with Gasteiger partial charge in [-0.3, -0.25) is 4.79 Å². The standard InChI is InChI=1S/C14H10ClFO/c15-13-7-11(6-12(8-13)9-17)5-10-1-3-14(16)4-2-10/h1-4,6-9H,5H2. The molecule has 0 bridgehead atoms. The normalized spacial score (nSPS) is 10.2. The molecule has 0 aromatic heterocycles. The molecular weight excluding hydrogens is 239 g/mol. The number of halogens is 2. The summed E-state index contributed by atoms with van der Waals surface area (Å²) in [7, 11) is 0. The molecule has 2 aromatic carbocycles. The summed E-state index contributed by atoms with van der Waals surface area (Å²) in [6.07, 6.45) is 1.39. The maximum Gasteiger partial charge on any atom is 0.150 e. The first-order valence-electron chi connectivity index (χ1n) is 5.16. The molecule has 0 radical (unpaired) electrons. The molecule has 0 N–H and O–H groups in total. The summed E-state index contributed by atoms with van der Waals surface area (Å²) < 4.78 is 12.7. The molecule has 0 aliphatic heterocycles. The smallest absolute Gasteiger partial charge is 0.150 e. The summed E-state index contributed by atoms with van der Waals surface area (Å²) in [5.74, 6) is -0.256.